The van der Waals surface area contributed by atoms with Crippen molar-refractivity contribution in [2.75, 3.05) is 40.5 Å². The fourth-order valence-corrected chi connectivity index (χ4v) is 5.70. The Bertz CT molecular complexity index is 1110. The third-order valence-corrected chi connectivity index (χ3v) is 8.01. The van der Waals surface area contributed by atoms with Crippen LogP contribution in [0, 0.1) is 11.7 Å². The molecule has 0 fully saturated rings. The molecule has 3 atom stereocenters. The van der Waals surface area contributed by atoms with Gasteiger partial charge in [0, 0.05) is 32.7 Å². The third-order valence-electron chi connectivity index (χ3n) is 5.99. The molecule has 0 unspecified atom stereocenters. The lowest BCUT2D eigenvalue weighted by Gasteiger charge is -2.37. The van der Waals surface area contributed by atoms with E-state index in [9.17, 15) is 22.7 Å². The molecular formula is C24H31FN2O6S. The highest BCUT2D eigenvalue weighted by molar-refractivity contribution is 7.89. The lowest BCUT2D eigenvalue weighted by atomic mass is 10.0. The highest BCUT2D eigenvalue weighted by atomic mass is 32.2. The van der Waals surface area contributed by atoms with Gasteiger partial charge in [-0.1, -0.05) is 25.1 Å². The molecule has 0 aliphatic carbocycles. The van der Waals surface area contributed by atoms with Crippen molar-refractivity contribution in [2.24, 2.45) is 5.92 Å². The van der Waals surface area contributed by atoms with E-state index in [1.807, 2.05) is 6.92 Å². The number of sulfonamides is 1. The third kappa shape index (κ3) is 5.57. The topological polar surface area (TPSA) is 96.4 Å². The van der Waals surface area contributed by atoms with E-state index in [1.54, 1.807) is 38.2 Å². The van der Waals surface area contributed by atoms with Crippen LogP contribution in [0.2, 0.25) is 0 Å². The number of carbonyl (C=O) groups is 1. The van der Waals surface area contributed by atoms with Crippen molar-refractivity contribution in [3.05, 3.63) is 48.3 Å². The lowest BCUT2D eigenvalue weighted by molar-refractivity contribution is -0.135. The number of amides is 1. The molecular weight excluding hydrogens is 463 g/mol. The Morgan fingerprint density at radius 3 is 2.53 bits per heavy atom. The molecule has 0 spiro atoms. The zero-order chi connectivity index (χ0) is 25.0. The van der Waals surface area contributed by atoms with Gasteiger partial charge in [-0.25, -0.2) is 12.8 Å². The summed E-state index contributed by atoms with van der Waals surface area (Å²) in [5.74, 6) is -0.765. The largest absolute Gasteiger partial charge is 0.487 e. The van der Waals surface area contributed by atoms with Gasteiger partial charge in [-0.05, 0) is 42.3 Å². The number of fused-ring (bicyclic) bond motifs is 1. The average molecular weight is 495 g/mol. The van der Waals surface area contributed by atoms with Gasteiger partial charge >= 0.3 is 0 Å². The van der Waals surface area contributed by atoms with Crippen molar-refractivity contribution in [3.8, 4) is 16.9 Å². The predicted octanol–water partition coefficient (Wildman–Crippen LogP) is 2.37. The van der Waals surface area contributed by atoms with Crippen LogP contribution < -0.4 is 4.74 Å². The molecule has 2 aromatic rings. The molecule has 0 saturated heterocycles. The number of nitrogens with zero attached hydrogens (tertiary/aromatic N) is 2. The van der Waals surface area contributed by atoms with Gasteiger partial charge in [-0.15, -0.1) is 0 Å². The first kappa shape index (κ1) is 26.1. The molecule has 2 aromatic carbocycles. The van der Waals surface area contributed by atoms with Crippen molar-refractivity contribution >= 4 is 15.9 Å². The first-order chi connectivity index (χ1) is 16.1. The smallest absolute Gasteiger partial charge is 0.248 e. The van der Waals surface area contributed by atoms with Gasteiger partial charge in [-0.2, -0.15) is 4.31 Å². The average Bonchev–Trinajstić information content (AvgIpc) is 2.81. The van der Waals surface area contributed by atoms with Crippen LogP contribution in [0.25, 0.3) is 11.1 Å². The second-order valence-corrected chi connectivity index (χ2v) is 10.5. The zero-order valence-corrected chi connectivity index (χ0v) is 20.6. The summed E-state index contributed by atoms with van der Waals surface area (Å²) in [5.41, 5.74) is 1.36. The van der Waals surface area contributed by atoms with E-state index in [2.05, 4.69) is 0 Å². The van der Waals surface area contributed by atoms with Crippen molar-refractivity contribution in [3.63, 3.8) is 0 Å². The van der Waals surface area contributed by atoms with Crippen LogP contribution >= 0.6 is 0 Å². The molecule has 1 N–H and O–H groups in total. The number of hydrogen-bond donors (Lipinski definition) is 1. The van der Waals surface area contributed by atoms with E-state index in [0.29, 0.717) is 11.1 Å². The van der Waals surface area contributed by atoms with Crippen LogP contribution in [0.1, 0.15) is 13.8 Å². The Balaban J connectivity index is 2.08. The van der Waals surface area contributed by atoms with Gasteiger partial charge in [0.1, 0.15) is 29.2 Å². The summed E-state index contributed by atoms with van der Waals surface area (Å²) < 4.78 is 52.9. The molecule has 10 heteroatoms. The fourth-order valence-electron chi connectivity index (χ4n) is 3.87. The molecule has 186 valence electrons. The van der Waals surface area contributed by atoms with E-state index in [0.717, 1.165) is 0 Å². The van der Waals surface area contributed by atoms with Gasteiger partial charge in [-0.3, -0.25) is 4.79 Å². The Hall–Kier alpha value is -2.53. The van der Waals surface area contributed by atoms with Crippen LogP contribution in [0.3, 0.4) is 0 Å². The van der Waals surface area contributed by atoms with Crippen molar-refractivity contribution < 1.29 is 32.2 Å². The molecule has 1 aliphatic rings. The Labute approximate surface area is 199 Å². The number of benzene rings is 2. The van der Waals surface area contributed by atoms with Crippen LogP contribution in [0.4, 0.5) is 4.39 Å². The summed E-state index contributed by atoms with van der Waals surface area (Å²) in [7, 11) is -0.908. The number of methoxy groups -OCH3 is 1. The highest BCUT2D eigenvalue weighted by Crippen LogP contribution is 2.36. The fraction of sp³-hybridized carbons (Fsp3) is 0.458. The SMILES string of the molecule is COCC(=O)N(C)C[C@H]1Oc2cc(-c3ccc(F)cc3)ccc2S(=O)(=O)N([C@H](C)CO)C[C@H]1C. The van der Waals surface area contributed by atoms with Crippen molar-refractivity contribution in [1.29, 1.82) is 0 Å². The maximum atomic E-state index is 13.5. The second-order valence-electron chi connectivity index (χ2n) is 8.62. The first-order valence-corrected chi connectivity index (χ1v) is 12.4. The molecule has 0 radical (unpaired) electrons. The minimum absolute atomic E-state index is 0.0265. The summed E-state index contributed by atoms with van der Waals surface area (Å²) >= 11 is 0. The number of likely N-dealkylation sites (N-methyl/N-ethyl adjacent to an activating group) is 1. The molecule has 1 amide bonds. The van der Waals surface area contributed by atoms with Crippen LogP contribution in [-0.4, -0.2) is 81.2 Å². The monoisotopic (exact) mass is 494 g/mol. The number of aliphatic hydroxyl groups excluding tert-OH is 1. The molecule has 0 bridgehead atoms. The second kappa shape index (κ2) is 10.8. The first-order valence-electron chi connectivity index (χ1n) is 11.0. The molecule has 1 heterocycles. The number of rotatable bonds is 7. The molecule has 0 saturated carbocycles. The van der Waals surface area contributed by atoms with Gasteiger partial charge in [0.05, 0.1) is 13.2 Å². The van der Waals surface area contributed by atoms with Crippen molar-refractivity contribution in [2.45, 2.75) is 30.9 Å². The van der Waals surface area contributed by atoms with Gasteiger partial charge in [0.15, 0.2) is 0 Å². The van der Waals surface area contributed by atoms with Crippen LogP contribution in [0.5, 0.6) is 5.75 Å². The number of carbonyl (C=O) groups excluding carboxylic acids is 1. The van der Waals surface area contributed by atoms with Gasteiger partial charge in [0.2, 0.25) is 15.9 Å². The number of halogens is 1. The summed E-state index contributed by atoms with van der Waals surface area (Å²) in [6.07, 6.45) is -0.531. The number of aliphatic hydroxyl groups is 1. The molecule has 1 aliphatic heterocycles. The standard InChI is InChI=1S/C24H31FN2O6S/c1-16-12-27(17(2)14-28)34(30,31)23-10-7-19(18-5-8-20(25)9-6-18)11-21(23)33-22(16)13-26(3)24(29)15-32-4/h5-11,16-17,22,28H,12-15H2,1-4H3/t16-,17-,22-/m1/s1. The van der Waals surface area contributed by atoms with Gasteiger partial charge in [0.25, 0.3) is 0 Å². The van der Waals surface area contributed by atoms with E-state index < -0.39 is 22.2 Å². The summed E-state index contributed by atoms with van der Waals surface area (Å²) in [6.45, 7) is 3.39. The van der Waals surface area contributed by atoms with E-state index >= 15 is 0 Å². The Morgan fingerprint density at radius 1 is 1.26 bits per heavy atom. The van der Waals surface area contributed by atoms with E-state index in [-0.39, 0.29) is 54.6 Å². The van der Waals surface area contributed by atoms with E-state index in [4.69, 9.17) is 9.47 Å². The summed E-state index contributed by atoms with van der Waals surface area (Å²) in [4.78, 5) is 13.8. The molecule has 34 heavy (non-hydrogen) atoms. The maximum absolute atomic E-state index is 13.5. The normalized spacial score (nSPS) is 21.0. The molecule has 0 aromatic heterocycles. The quantitative estimate of drug-likeness (QED) is 0.635. The number of ether oxygens (including phenoxy) is 2. The van der Waals surface area contributed by atoms with E-state index in [1.165, 1.54) is 34.5 Å². The highest BCUT2D eigenvalue weighted by Gasteiger charge is 2.38. The van der Waals surface area contributed by atoms with Gasteiger partial charge < -0.3 is 19.5 Å². The zero-order valence-electron chi connectivity index (χ0n) is 19.8. The molecule has 8 nitrogen and oxygen atoms in total. The predicted molar refractivity (Wildman–Crippen MR) is 125 cm³/mol. The number of hydrogen-bond acceptors (Lipinski definition) is 6. The summed E-state index contributed by atoms with van der Waals surface area (Å²) in [5, 5.41) is 9.74. The lowest BCUT2D eigenvalue weighted by Crippen LogP contribution is -2.50. The van der Waals surface area contributed by atoms with Crippen LogP contribution in [-0.2, 0) is 19.6 Å². The minimum Gasteiger partial charge on any atom is -0.487 e. The van der Waals surface area contributed by atoms with Crippen molar-refractivity contribution in [1.82, 2.24) is 9.21 Å². The minimum atomic E-state index is -3.98. The Kier molecular flexibility index (Phi) is 8.29. The molecule has 3 rings (SSSR count). The maximum Gasteiger partial charge on any atom is 0.248 e. The Morgan fingerprint density at radius 2 is 1.91 bits per heavy atom. The van der Waals surface area contributed by atoms with Crippen LogP contribution in [0.15, 0.2) is 47.4 Å². The summed E-state index contributed by atoms with van der Waals surface area (Å²) in [6, 6.07) is 9.94.